The Bertz CT molecular complexity index is 960. The number of nitrogens with zero attached hydrogens (tertiary/aromatic N) is 2. The molecule has 0 amide bonds. The van der Waals surface area contributed by atoms with Gasteiger partial charge in [-0.2, -0.15) is 5.26 Å². The van der Waals surface area contributed by atoms with Crippen LogP contribution in [-0.2, 0) is 12.8 Å². The topological polar surface area (TPSA) is 48.7 Å². The number of rotatable bonds is 8. The van der Waals surface area contributed by atoms with E-state index in [-0.39, 0.29) is 0 Å². The van der Waals surface area contributed by atoms with E-state index < -0.39 is 0 Å². The number of nitriles is 1. The van der Waals surface area contributed by atoms with Gasteiger partial charge in [-0.1, -0.05) is 56.7 Å². The zero-order valence-corrected chi connectivity index (χ0v) is 17.2. The number of aryl methyl sites for hydroxylation is 2. The summed E-state index contributed by atoms with van der Waals surface area (Å²) in [7, 11) is 0. The molecule has 0 fully saturated rings. The van der Waals surface area contributed by atoms with Crippen LogP contribution in [0, 0.1) is 11.3 Å². The predicted molar refractivity (Wildman–Crippen MR) is 119 cm³/mol. The molecule has 1 aromatic heterocycles. The molecule has 0 radical (unpaired) electrons. The van der Waals surface area contributed by atoms with Gasteiger partial charge in [0, 0.05) is 22.8 Å². The third kappa shape index (κ3) is 5.09. The molecule has 142 valence electrons. The van der Waals surface area contributed by atoms with Crippen molar-refractivity contribution in [3.05, 3.63) is 76.2 Å². The highest BCUT2D eigenvalue weighted by Crippen LogP contribution is 2.26. The third-order valence-corrected chi connectivity index (χ3v) is 5.54. The van der Waals surface area contributed by atoms with Crippen LogP contribution in [0.25, 0.3) is 16.8 Å². The van der Waals surface area contributed by atoms with Gasteiger partial charge in [-0.15, -0.1) is 11.3 Å². The monoisotopic (exact) mass is 387 g/mol. The molecule has 3 nitrogen and oxygen atoms in total. The van der Waals surface area contributed by atoms with E-state index in [9.17, 15) is 5.26 Å². The number of hydrogen-bond acceptors (Lipinski definition) is 4. The summed E-state index contributed by atoms with van der Waals surface area (Å²) in [5.74, 6) is 0. The molecule has 2 aromatic carbocycles. The summed E-state index contributed by atoms with van der Waals surface area (Å²) in [6.07, 6.45) is 6.28. The average molecular weight is 388 g/mol. The Labute approximate surface area is 171 Å². The minimum absolute atomic E-state index is 0.538. The molecule has 4 heteroatoms. The van der Waals surface area contributed by atoms with Gasteiger partial charge in [-0.3, -0.25) is 0 Å². The van der Waals surface area contributed by atoms with E-state index >= 15 is 0 Å². The first-order valence-corrected chi connectivity index (χ1v) is 10.6. The molecule has 0 aliphatic carbocycles. The van der Waals surface area contributed by atoms with E-state index in [1.54, 1.807) is 6.20 Å². The molecule has 28 heavy (non-hydrogen) atoms. The molecule has 0 spiro atoms. The Kier molecular flexibility index (Phi) is 7.00. The molecule has 1 N–H and O–H groups in total. The summed E-state index contributed by atoms with van der Waals surface area (Å²) in [4.78, 5) is 4.66. The first-order valence-electron chi connectivity index (χ1n) is 9.74. The number of thiazole rings is 1. The van der Waals surface area contributed by atoms with Crippen molar-refractivity contribution < 1.29 is 0 Å². The van der Waals surface area contributed by atoms with Gasteiger partial charge < -0.3 is 5.32 Å². The highest BCUT2D eigenvalue weighted by Gasteiger charge is 2.09. The van der Waals surface area contributed by atoms with Crippen LogP contribution in [0.4, 0.5) is 5.69 Å². The van der Waals surface area contributed by atoms with Gasteiger partial charge in [0.1, 0.15) is 16.6 Å². The van der Waals surface area contributed by atoms with E-state index in [4.69, 9.17) is 0 Å². The normalized spacial score (nSPS) is 11.2. The molecule has 1 heterocycles. The maximum atomic E-state index is 9.56. The zero-order chi connectivity index (χ0) is 19.8. The summed E-state index contributed by atoms with van der Waals surface area (Å²) >= 11 is 1.49. The number of anilines is 1. The second-order valence-electron chi connectivity index (χ2n) is 6.70. The van der Waals surface area contributed by atoms with Crippen molar-refractivity contribution in [1.82, 2.24) is 4.98 Å². The fraction of sp³-hybridized carbons (Fsp3) is 0.250. The Morgan fingerprint density at radius 3 is 2.43 bits per heavy atom. The van der Waals surface area contributed by atoms with Gasteiger partial charge in [-0.05, 0) is 42.5 Å². The van der Waals surface area contributed by atoms with Crippen molar-refractivity contribution in [3.8, 4) is 17.3 Å². The van der Waals surface area contributed by atoms with Gasteiger partial charge in [0.25, 0.3) is 0 Å². The summed E-state index contributed by atoms with van der Waals surface area (Å²) in [6.45, 7) is 4.35. The van der Waals surface area contributed by atoms with Crippen LogP contribution in [0.3, 0.4) is 0 Å². The lowest BCUT2D eigenvalue weighted by Gasteiger charge is -2.04. The van der Waals surface area contributed by atoms with Crippen LogP contribution >= 0.6 is 11.3 Å². The Balaban J connectivity index is 1.71. The molecule has 3 rings (SSSR count). The van der Waals surface area contributed by atoms with Gasteiger partial charge in [0.15, 0.2) is 0 Å². The predicted octanol–water partition coefficient (Wildman–Crippen LogP) is 6.69. The lowest BCUT2D eigenvalue weighted by Crippen LogP contribution is -1.92. The standard InChI is InChI=1S/C24H25N3S/c1-3-5-6-19-9-13-22(14-10-19)26-16-21(15-25)24-27-23(17-28-24)20-11-7-18(4-2)8-12-20/h7-14,16-17,26H,3-6H2,1-2H3. The molecular formula is C24H25N3S. The van der Waals surface area contributed by atoms with Crippen molar-refractivity contribution in [2.75, 3.05) is 5.32 Å². The van der Waals surface area contributed by atoms with Gasteiger partial charge in [0.05, 0.1) is 5.69 Å². The summed E-state index contributed by atoms with van der Waals surface area (Å²) < 4.78 is 0. The van der Waals surface area contributed by atoms with E-state index in [1.165, 1.54) is 35.3 Å². The molecule has 0 bridgehead atoms. The number of benzene rings is 2. The van der Waals surface area contributed by atoms with Gasteiger partial charge in [0.2, 0.25) is 0 Å². The second kappa shape index (κ2) is 9.87. The molecule has 3 aromatic rings. The summed E-state index contributed by atoms with van der Waals surface area (Å²) in [6, 6.07) is 19.1. The van der Waals surface area contributed by atoms with E-state index in [0.29, 0.717) is 5.57 Å². The van der Waals surface area contributed by atoms with Crippen molar-refractivity contribution in [1.29, 1.82) is 5.26 Å². The van der Waals surface area contributed by atoms with Crippen LogP contribution in [0.5, 0.6) is 0 Å². The maximum Gasteiger partial charge on any atom is 0.136 e. The number of nitrogens with one attached hydrogen (secondary N) is 1. The Hall–Kier alpha value is -2.90. The summed E-state index contributed by atoms with van der Waals surface area (Å²) in [5.41, 5.74) is 6.14. The quantitative estimate of drug-likeness (QED) is 0.438. The van der Waals surface area contributed by atoms with Crippen LogP contribution in [0.2, 0.25) is 0 Å². The number of unbranched alkanes of at least 4 members (excludes halogenated alkanes) is 1. The van der Waals surface area contributed by atoms with E-state index in [1.807, 2.05) is 5.38 Å². The van der Waals surface area contributed by atoms with Gasteiger partial charge >= 0.3 is 0 Å². The number of allylic oxidation sites excluding steroid dienone is 1. The third-order valence-electron chi connectivity index (χ3n) is 4.67. The van der Waals surface area contributed by atoms with Crippen LogP contribution in [-0.4, -0.2) is 4.98 Å². The number of hydrogen-bond donors (Lipinski definition) is 1. The molecular weight excluding hydrogens is 362 g/mol. The lowest BCUT2D eigenvalue weighted by atomic mass is 10.1. The maximum absolute atomic E-state index is 9.56. The molecule has 0 unspecified atom stereocenters. The molecule has 0 saturated heterocycles. The molecule has 0 saturated carbocycles. The van der Waals surface area contributed by atoms with Crippen LogP contribution < -0.4 is 5.32 Å². The van der Waals surface area contributed by atoms with E-state index in [2.05, 4.69) is 78.7 Å². The minimum atomic E-state index is 0.538. The first-order chi connectivity index (χ1) is 13.7. The molecule has 0 atom stereocenters. The Morgan fingerprint density at radius 2 is 1.79 bits per heavy atom. The van der Waals surface area contributed by atoms with Crippen LogP contribution in [0.1, 0.15) is 42.8 Å². The second-order valence-corrected chi connectivity index (χ2v) is 7.56. The zero-order valence-electron chi connectivity index (χ0n) is 16.4. The van der Waals surface area contributed by atoms with Crippen molar-refractivity contribution in [2.45, 2.75) is 39.5 Å². The highest BCUT2D eigenvalue weighted by atomic mass is 32.1. The number of aromatic nitrogens is 1. The van der Waals surface area contributed by atoms with Crippen LogP contribution in [0.15, 0.2) is 60.1 Å². The first kappa shape index (κ1) is 19.9. The fourth-order valence-electron chi connectivity index (χ4n) is 2.89. The lowest BCUT2D eigenvalue weighted by molar-refractivity contribution is 0.795. The summed E-state index contributed by atoms with van der Waals surface area (Å²) in [5, 5.41) is 15.5. The van der Waals surface area contributed by atoms with E-state index in [0.717, 1.165) is 34.8 Å². The highest BCUT2D eigenvalue weighted by molar-refractivity contribution is 7.11. The fourth-order valence-corrected chi connectivity index (χ4v) is 3.68. The van der Waals surface area contributed by atoms with Gasteiger partial charge in [-0.25, -0.2) is 4.98 Å². The molecule has 0 aliphatic rings. The van der Waals surface area contributed by atoms with Crippen molar-refractivity contribution in [2.24, 2.45) is 0 Å². The van der Waals surface area contributed by atoms with Crippen molar-refractivity contribution in [3.63, 3.8) is 0 Å². The SMILES string of the molecule is CCCCc1ccc(NC=C(C#N)c2nc(-c3ccc(CC)cc3)cs2)cc1. The molecule has 0 aliphatic heterocycles. The smallest absolute Gasteiger partial charge is 0.136 e. The van der Waals surface area contributed by atoms with Crippen molar-refractivity contribution >= 4 is 22.6 Å². The largest absolute Gasteiger partial charge is 0.360 e. The average Bonchev–Trinajstić information content (AvgIpc) is 3.23. The minimum Gasteiger partial charge on any atom is -0.360 e. The Morgan fingerprint density at radius 1 is 1.07 bits per heavy atom.